The van der Waals surface area contributed by atoms with Crippen molar-refractivity contribution in [3.8, 4) is 0 Å². The van der Waals surface area contributed by atoms with Gasteiger partial charge < -0.3 is 10.6 Å². The summed E-state index contributed by atoms with van der Waals surface area (Å²) in [5.74, 6) is 2.49. The number of rotatable bonds is 4. The molecule has 1 aromatic carbocycles. The SMILES string of the molecule is CCNc1nc(C)nc(Nc2ccc(Br)cc2C)c1C. The minimum absolute atomic E-state index is 0.754. The molecule has 0 aliphatic rings. The average molecular weight is 335 g/mol. The molecule has 0 saturated carbocycles. The molecule has 0 aliphatic carbocycles. The molecule has 0 aliphatic heterocycles. The van der Waals surface area contributed by atoms with Gasteiger partial charge in [-0.25, -0.2) is 9.97 Å². The monoisotopic (exact) mass is 334 g/mol. The number of anilines is 3. The molecule has 0 fully saturated rings. The Balaban J connectivity index is 2.37. The van der Waals surface area contributed by atoms with E-state index < -0.39 is 0 Å². The van der Waals surface area contributed by atoms with E-state index in [2.05, 4.69) is 56.4 Å². The first-order valence-electron chi connectivity index (χ1n) is 6.63. The van der Waals surface area contributed by atoms with E-state index in [0.29, 0.717) is 0 Å². The lowest BCUT2D eigenvalue weighted by molar-refractivity contribution is 1.02. The van der Waals surface area contributed by atoms with Gasteiger partial charge in [-0.2, -0.15) is 0 Å². The van der Waals surface area contributed by atoms with Gasteiger partial charge in [0.15, 0.2) is 0 Å². The number of nitrogens with one attached hydrogen (secondary N) is 2. The highest BCUT2D eigenvalue weighted by atomic mass is 79.9. The predicted molar refractivity (Wildman–Crippen MR) is 87.8 cm³/mol. The van der Waals surface area contributed by atoms with Gasteiger partial charge in [0.25, 0.3) is 0 Å². The molecule has 0 spiro atoms. The molecule has 106 valence electrons. The molecule has 1 heterocycles. The molecule has 0 saturated heterocycles. The van der Waals surface area contributed by atoms with Crippen molar-refractivity contribution >= 4 is 33.3 Å². The van der Waals surface area contributed by atoms with Crippen LogP contribution in [0.15, 0.2) is 22.7 Å². The zero-order chi connectivity index (χ0) is 14.7. The van der Waals surface area contributed by atoms with Crippen LogP contribution in [0, 0.1) is 20.8 Å². The third kappa shape index (κ3) is 3.28. The molecular formula is C15H19BrN4. The van der Waals surface area contributed by atoms with E-state index in [0.717, 1.165) is 39.7 Å². The normalized spacial score (nSPS) is 10.4. The molecule has 4 nitrogen and oxygen atoms in total. The Hall–Kier alpha value is -1.62. The molecule has 0 amide bonds. The first-order chi connectivity index (χ1) is 9.51. The molecule has 0 unspecified atom stereocenters. The molecule has 1 aromatic heterocycles. The van der Waals surface area contributed by atoms with Crippen LogP contribution in [0.25, 0.3) is 0 Å². The van der Waals surface area contributed by atoms with Gasteiger partial charge in [-0.3, -0.25) is 0 Å². The minimum Gasteiger partial charge on any atom is -0.370 e. The van der Waals surface area contributed by atoms with Crippen molar-refractivity contribution in [1.29, 1.82) is 0 Å². The zero-order valence-corrected chi connectivity index (χ0v) is 13.8. The van der Waals surface area contributed by atoms with E-state index in [1.165, 1.54) is 5.56 Å². The maximum Gasteiger partial charge on any atom is 0.139 e. The fraction of sp³-hybridized carbons (Fsp3) is 0.333. The topological polar surface area (TPSA) is 49.8 Å². The molecule has 2 rings (SSSR count). The van der Waals surface area contributed by atoms with Crippen LogP contribution in [0.1, 0.15) is 23.9 Å². The summed E-state index contributed by atoms with van der Waals surface area (Å²) in [5, 5.41) is 6.66. The second-order valence-corrected chi connectivity index (χ2v) is 5.62. The molecule has 5 heteroatoms. The molecule has 20 heavy (non-hydrogen) atoms. The van der Waals surface area contributed by atoms with Crippen LogP contribution in [0.2, 0.25) is 0 Å². The number of hydrogen-bond acceptors (Lipinski definition) is 4. The van der Waals surface area contributed by atoms with E-state index in [4.69, 9.17) is 0 Å². The van der Waals surface area contributed by atoms with E-state index in [1.807, 2.05) is 26.0 Å². The van der Waals surface area contributed by atoms with Crippen molar-refractivity contribution in [2.45, 2.75) is 27.7 Å². The number of benzene rings is 1. The average Bonchev–Trinajstić information content (AvgIpc) is 2.38. The molecule has 2 aromatic rings. The highest BCUT2D eigenvalue weighted by molar-refractivity contribution is 9.10. The summed E-state index contributed by atoms with van der Waals surface area (Å²) in [6, 6.07) is 6.14. The van der Waals surface area contributed by atoms with E-state index in [9.17, 15) is 0 Å². The Morgan fingerprint density at radius 1 is 1.10 bits per heavy atom. The molecule has 0 atom stereocenters. The Morgan fingerprint density at radius 3 is 2.45 bits per heavy atom. The lowest BCUT2D eigenvalue weighted by Crippen LogP contribution is -2.08. The van der Waals surface area contributed by atoms with Gasteiger partial charge in [0.1, 0.15) is 17.5 Å². The van der Waals surface area contributed by atoms with Gasteiger partial charge in [0, 0.05) is 22.3 Å². The quantitative estimate of drug-likeness (QED) is 0.873. The van der Waals surface area contributed by atoms with Crippen LogP contribution >= 0.6 is 15.9 Å². The van der Waals surface area contributed by atoms with Crippen molar-refractivity contribution in [3.63, 3.8) is 0 Å². The second-order valence-electron chi connectivity index (χ2n) is 4.71. The van der Waals surface area contributed by atoms with Crippen LogP contribution in [0.3, 0.4) is 0 Å². The molecular weight excluding hydrogens is 316 g/mol. The lowest BCUT2D eigenvalue weighted by Gasteiger charge is -2.15. The number of halogens is 1. The summed E-state index contributed by atoms with van der Waals surface area (Å²) in [4.78, 5) is 8.93. The van der Waals surface area contributed by atoms with Crippen LogP contribution < -0.4 is 10.6 Å². The summed E-state index contributed by atoms with van der Waals surface area (Å²) in [6.45, 7) is 8.90. The summed E-state index contributed by atoms with van der Waals surface area (Å²) < 4.78 is 1.07. The summed E-state index contributed by atoms with van der Waals surface area (Å²) in [7, 11) is 0. The third-order valence-electron chi connectivity index (χ3n) is 3.04. The lowest BCUT2D eigenvalue weighted by atomic mass is 10.2. The Bertz CT molecular complexity index is 626. The molecule has 0 bridgehead atoms. The Kier molecular flexibility index (Phi) is 4.60. The minimum atomic E-state index is 0.754. The van der Waals surface area contributed by atoms with Gasteiger partial charge in [-0.05, 0) is 51.5 Å². The molecule has 0 radical (unpaired) electrons. The van der Waals surface area contributed by atoms with Gasteiger partial charge in [-0.1, -0.05) is 15.9 Å². The van der Waals surface area contributed by atoms with E-state index in [-0.39, 0.29) is 0 Å². The fourth-order valence-electron chi connectivity index (χ4n) is 1.98. The number of aryl methyl sites for hydroxylation is 2. The highest BCUT2D eigenvalue weighted by Gasteiger charge is 2.10. The van der Waals surface area contributed by atoms with Gasteiger partial charge >= 0.3 is 0 Å². The standard InChI is InChI=1S/C15H19BrN4/c1-5-17-14-10(3)15(19-11(4)18-14)20-13-7-6-12(16)8-9(13)2/h6-8H,5H2,1-4H3,(H2,17,18,19,20). The van der Waals surface area contributed by atoms with Gasteiger partial charge in [0.05, 0.1) is 0 Å². The number of aromatic nitrogens is 2. The van der Waals surface area contributed by atoms with Crippen molar-refractivity contribution < 1.29 is 0 Å². The largest absolute Gasteiger partial charge is 0.370 e. The van der Waals surface area contributed by atoms with E-state index in [1.54, 1.807) is 0 Å². The summed E-state index contributed by atoms with van der Waals surface area (Å²) in [6.07, 6.45) is 0. The van der Waals surface area contributed by atoms with Crippen molar-refractivity contribution in [1.82, 2.24) is 9.97 Å². The predicted octanol–water partition coefficient (Wildman–Crippen LogP) is 4.34. The van der Waals surface area contributed by atoms with E-state index >= 15 is 0 Å². The highest BCUT2D eigenvalue weighted by Crippen LogP contribution is 2.26. The van der Waals surface area contributed by atoms with Crippen LogP contribution in [0.4, 0.5) is 17.3 Å². The van der Waals surface area contributed by atoms with Crippen molar-refractivity contribution in [2.24, 2.45) is 0 Å². The Labute approximate surface area is 128 Å². The Morgan fingerprint density at radius 2 is 1.80 bits per heavy atom. The van der Waals surface area contributed by atoms with Gasteiger partial charge in [0.2, 0.25) is 0 Å². The van der Waals surface area contributed by atoms with Crippen molar-refractivity contribution in [3.05, 3.63) is 39.6 Å². The number of nitrogens with zero attached hydrogens (tertiary/aromatic N) is 2. The van der Waals surface area contributed by atoms with Crippen LogP contribution in [0.5, 0.6) is 0 Å². The maximum absolute atomic E-state index is 4.50. The van der Waals surface area contributed by atoms with Crippen molar-refractivity contribution in [2.75, 3.05) is 17.2 Å². The van der Waals surface area contributed by atoms with Crippen LogP contribution in [-0.2, 0) is 0 Å². The maximum atomic E-state index is 4.50. The smallest absolute Gasteiger partial charge is 0.139 e. The summed E-state index contributed by atoms with van der Waals surface area (Å²) >= 11 is 3.48. The third-order valence-corrected chi connectivity index (χ3v) is 3.54. The number of hydrogen-bond donors (Lipinski definition) is 2. The van der Waals surface area contributed by atoms with Crippen LogP contribution in [-0.4, -0.2) is 16.5 Å². The fourth-order valence-corrected chi connectivity index (χ4v) is 2.46. The second kappa shape index (κ2) is 6.22. The summed E-state index contributed by atoms with van der Waals surface area (Å²) in [5.41, 5.74) is 3.25. The molecule has 2 N–H and O–H groups in total. The first kappa shape index (κ1) is 14.8. The zero-order valence-electron chi connectivity index (χ0n) is 12.2. The van der Waals surface area contributed by atoms with Gasteiger partial charge in [-0.15, -0.1) is 0 Å². The first-order valence-corrected chi connectivity index (χ1v) is 7.43.